The molecule has 0 amide bonds. The maximum atomic E-state index is 10.7. The van der Waals surface area contributed by atoms with E-state index in [0.717, 1.165) is 24.3 Å². The van der Waals surface area contributed by atoms with Crippen molar-refractivity contribution in [2.45, 2.75) is 12.3 Å². The zero-order valence-electron chi connectivity index (χ0n) is 9.52. The molecule has 1 rings (SSSR count). The Morgan fingerprint density at radius 1 is 0.650 bits per heavy atom. The van der Waals surface area contributed by atoms with Crippen molar-refractivity contribution in [3.63, 3.8) is 0 Å². The first kappa shape index (κ1) is 14.9. The molecule has 0 unspecified atom stereocenters. The van der Waals surface area contributed by atoms with Crippen molar-refractivity contribution in [1.82, 2.24) is 0 Å². The van der Waals surface area contributed by atoms with Crippen LogP contribution in [0.2, 0.25) is 0 Å². The highest BCUT2D eigenvalue weighted by atomic mass is 16.7. The highest BCUT2D eigenvalue weighted by Crippen LogP contribution is 2.28. The van der Waals surface area contributed by atoms with Crippen LogP contribution in [0.1, 0.15) is 23.5 Å². The molecule has 20 heavy (non-hydrogen) atoms. The first-order valence-electron chi connectivity index (χ1n) is 4.90. The highest BCUT2D eigenvalue weighted by Gasteiger charge is 2.45. The second kappa shape index (κ2) is 5.64. The smallest absolute Gasteiger partial charge is 0.258 e. The summed E-state index contributed by atoms with van der Waals surface area (Å²) in [4.78, 5) is 37.6. The van der Waals surface area contributed by atoms with Gasteiger partial charge in [0.05, 0.1) is 0 Å². The lowest BCUT2D eigenvalue weighted by atomic mass is 10.0. The molecule has 0 N–H and O–H groups in total. The molecule has 0 bridgehead atoms. The Labute approximate surface area is 109 Å². The summed E-state index contributed by atoms with van der Waals surface area (Å²) >= 11 is 0. The van der Waals surface area contributed by atoms with Crippen molar-refractivity contribution in [3.8, 4) is 0 Å². The summed E-state index contributed by atoms with van der Waals surface area (Å²) in [5.74, 6) is 0. The van der Waals surface area contributed by atoms with Gasteiger partial charge in [0.1, 0.15) is 30.8 Å². The van der Waals surface area contributed by atoms with Crippen molar-refractivity contribution in [3.05, 3.63) is 75.8 Å². The van der Waals surface area contributed by atoms with E-state index in [1.807, 2.05) is 0 Å². The Morgan fingerprint density at radius 2 is 0.900 bits per heavy atom. The first-order chi connectivity index (χ1) is 9.27. The lowest BCUT2D eigenvalue weighted by Crippen LogP contribution is -2.26. The molecule has 1 aromatic rings. The lowest BCUT2D eigenvalue weighted by molar-refractivity contribution is -0.760. The largest absolute Gasteiger partial charge is 0.477 e. The Kier molecular flexibility index (Phi) is 4.20. The Morgan fingerprint density at radius 3 is 1.10 bits per heavy atom. The van der Waals surface area contributed by atoms with Gasteiger partial charge in [0.25, 0.3) is 0 Å². The van der Waals surface area contributed by atoms with Crippen molar-refractivity contribution in [1.29, 1.82) is 0 Å². The fourth-order valence-electron chi connectivity index (χ4n) is 1.59. The van der Waals surface area contributed by atoms with Gasteiger partial charge in [0, 0.05) is 0 Å². The second-order valence-corrected chi connectivity index (χ2v) is 3.52. The summed E-state index contributed by atoms with van der Waals surface area (Å²) in [6.07, 6.45) is -5.01. The molecular formula is C8H6N4O8. The van der Waals surface area contributed by atoms with Crippen LogP contribution in [0.4, 0.5) is 0 Å². The van der Waals surface area contributed by atoms with Gasteiger partial charge in [0.15, 0.2) is 0 Å². The number of rotatable bonds is 6. The molecule has 0 aromatic heterocycles. The molecule has 0 aliphatic carbocycles. The molecule has 12 nitrogen and oxygen atoms in total. The Balaban J connectivity index is 3.50. The van der Waals surface area contributed by atoms with Crippen molar-refractivity contribution in [2.75, 3.05) is 0 Å². The lowest BCUT2D eigenvalue weighted by Gasteiger charge is -2.08. The fraction of sp³-hybridized carbons (Fsp3) is 0.250. The molecule has 0 heterocycles. The predicted octanol–water partition coefficient (Wildman–Crippen LogP) is 0.791. The third-order valence-electron chi connectivity index (χ3n) is 2.35. The number of hydrogen-bond acceptors (Lipinski definition) is 8. The molecule has 0 saturated heterocycles. The molecule has 0 atom stereocenters. The molecule has 106 valence electrons. The first-order valence-corrected chi connectivity index (χ1v) is 4.90. The Hall–Kier alpha value is -3.18. The van der Waals surface area contributed by atoms with Crippen LogP contribution in [0, 0.1) is 40.5 Å². The van der Waals surface area contributed by atoms with E-state index in [4.69, 9.17) is 0 Å². The van der Waals surface area contributed by atoms with Gasteiger partial charge < -0.3 is 0 Å². The fourth-order valence-corrected chi connectivity index (χ4v) is 1.59. The minimum atomic E-state index is -2.51. The average molecular weight is 286 g/mol. The summed E-state index contributed by atoms with van der Waals surface area (Å²) in [5, 5.41) is 42.7. The van der Waals surface area contributed by atoms with Crippen molar-refractivity contribution >= 4 is 0 Å². The minimum Gasteiger partial charge on any atom is -0.258 e. The topological polar surface area (TPSA) is 173 Å². The van der Waals surface area contributed by atoms with Crippen molar-refractivity contribution < 1.29 is 19.7 Å². The van der Waals surface area contributed by atoms with Gasteiger partial charge in [0.2, 0.25) is 0 Å². The SMILES string of the molecule is O=[N+]([O-])C(c1ccccc1C([N+](=O)[O-])[N+](=O)[O-])[N+](=O)[O-]. The zero-order valence-corrected chi connectivity index (χ0v) is 9.52. The summed E-state index contributed by atoms with van der Waals surface area (Å²) < 4.78 is 0. The van der Waals surface area contributed by atoms with Crippen LogP contribution in [0.3, 0.4) is 0 Å². The number of nitro groups is 4. The van der Waals surface area contributed by atoms with Gasteiger partial charge in [-0.25, -0.2) is 0 Å². The summed E-state index contributed by atoms with van der Waals surface area (Å²) in [5.41, 5.74) is -1.39. The molecule has 0 radical (unpaired) electrons. The van der Waals surface area contributed by atoms with Crippen LogP contribution in [-0.4, -0.2) is 19.7 Å². The number of nitrogens with zero attached hydrogens (tertiary/aromatic N) is 4. The molecule has 0 saturated carbocycles. The van der Waals surface area contributed by atoms with Gasteiger partial charge in [-0.2, -0.15) is 0 Å². The third kappa shape index (κ3) is 2.80. The van der Waals surface area contributed by atoms with Gasteiger partial charge >= 0.3 is 12.3 Å². The monoisotopic (exact) mass is 286 g/mol. The maximum absolute atomic E-state index is 10.7. The van der Waals surface area contributed by atoms with E-state index < -0.39 is 43.2 Å². The molecule has 0 fully saturated rings. The van der Waals surface area contributed by atoms with E-state index in [-0.39, 0.29) is 0 Å². The van der Waals surface area contributed by atoms with E-state index in [9.17, 15) is 40.5 Å². The number of benzene rings is 1. The van der Waals surface area contributed by atoms with Crippen LogP contribution in [0.5, 0.6) is 0 Å². The molecule has 0 aliphatic heterocycles. The van der Waals surface area contributed by atoms with E-state index >= 15 is 0 Å². The minimum absolute atomic E-state index is 0.694. The van der Waals surface area contributed by atoms with Crippen LogP contribution in [0.25, 0.3) is 0 Å². The molecule has 0 spiro atoms. The van der Waals surface area contributed by atoms with E-state index in [1.54, 1.807) is 0 Å². The summed E-state index contributed by atoms with van der Waals surface area (Å²) in [6, 6.07) is 4.09. The maximum Gasteiger partial charge on any atom is 0.477 e. The predicted molar refractivity (Wildman–Crippen MR) is 59.9 cm³/mol. The molecule has 12 heteroatoms. The second-order valence-electron chi connectivity index (χ2n) is 3.52. The van der Waals surface area contributed by atoms with E-state index in [0.29, 0.717) is 0 Å². The van der Waals surface area contributed by atoms with Gasteiger partial charge in [-0.3, -0.25) is 40.5 Å². The summed E-state index contributed by atoms with van der Waals surface area (Å²) in [7, 11) is 0. The van der Waals surface area contributed by atoms with E-state index in [1.165, 1.54) is 0 Å². The van der Waals surface area contributed by atoms with Gasteiger partial charge in [-0.1, -0.05) is 12.1 Å². The molecule has 0 aliphatic rings. The molecular weight excluding hydrogens is 280 g/mol. The van der Waals surface area contributed by atoms with Crippen LogP contribution in [0.15, 0.2) is 24.3 Å². The van der Waals surface area contributed by atoms with Gasteiger partial charge in [-0.05, 0) is 12.1 Å². The zero-order chi connectivity index (χ0) is 15.4. The van der Waals surface area contributed by atoms with Crippen molar-refractivity contribution in [2.24, 2.45) is 0 Å². The summed E-state index contributed by atoms with van der Waals surface area (Å²) in [6.45, 7) is 0. The quantitative estimate of drug-likeness (QED) is 0.419. The average Bonchev–Trinajstić information content (AvgIpc) is 2.29. The van der Waals surface area contributed by atoms with Gasteiger partial charge in [-0.15, -0.1) is 0 Å². The highest BCUT2D eigenvalue weighted by molar-refractivity contribution is 5.28. The normalized spacial score (nSPS) is 10.5. The van der Waals surface area contributed by atoms with Crippen LogP contribution in [-0.2, 0) is 0 Å². The number of hydrogen-bond donors (Lipinski definition) is 0. The standard InChI is InChI=1S/C8H6N4O8/c13-9(14)7(10(15)16)5-3-1-2-4-6(5)8(11(17)18)12(19)20/h1-4,7-8H. The molecule has 1 aromatic carbocycles. The van der Waals surface area contributed by atoms with Crippen LogP contribution >= 0.6 is 0 Å². The third-order valence-corrected chi connectivity index (χ3v) is 2.35. The van der Waals surface area contributed by atoms with Crippen LogP contribution < -0.4 is 0 Å². The van der Waals surface area contributed by atoms with E-state index in [2.05, 4.69) is 0 Å². The Bertz CT molecular complexity index is 509.